The normalized spacial score (nSPS) is 19.2. The van der Waals surface area contributed by atoms with Crippen molar-refractivity contribution in [2.24, 2.45) is 11.0 Å². The summed E-state index contributed by atoms with van der Waals surface area (Å²) in [6.07, 6.45) is 4.00. The molecule has 8 heteroatoms. The van der Waals surface area contributed by atoms with Gasteiger partial charge in [-0.3, -0.25) is 4.79 Å². The van der Waals surface area contributed by atoms with Crippen molar-refractivity contribution in [2.75, 3.05) is 11.5 Å². The zero-order chi connectivity index (χ0) is 18.7. The van der Waals surface area contributed by atoms with Crippen LogP contribution in [0, 0.1) is 19.8 Å². The van der Waals surface area contributed by atoms with Gasteiger partial charge in [0.15, 0.2) is 9.84 Å². The summed E-state index contributed by atoms with van der Waals surface area (Å²) >= 11 is 0. The first-order valence-electron chi connectivity index (χ1n) is 8.55. The number of rotatable bonds is 6. The Morgan fingerprint density at radius 1 is 1.46 bits per heavy atom. The molecule has 7 nitrogen and oxygen atoms in total. The van der Waals surface area contributed by atoms with Crippen molar-refractivity contribution in [3.05, 3.63) is 47.2 Å². The number of nitrogens with zero attached hydrogens (tertiary/aromatic N) is 2. The number of hydrazone groups is 1. The summed E-state index contributed by atoms with van der Waals surface area (Å²) in [5.41, 5.74) is 5.51. The van der Waals surface area contributed by atoms with Gasteiger partial charge in [0.2, 0.25) is 5.91 Å². The highest BCUT2D eigenvalue weighted by Crippen LogP contribution is 2.21. The van der Waals surface area contributed by atoms with Crippen molar-refractivity contribution in [1.82, 2.24) is 9.99 Å². The van der Waals surface area contributed by atoms with E-state index in [4.69, 9.17) is 4.42 Å². The summed E-state index contributed by atoms with van der Waals surface area (Å²) in [5, 5.41) is 4.02. The summed E-state index contributed by atoms with van der Waals surface area (Å²) in [5.74, 6) is 0.782. The predicted molar refractivity (Wildman–Crippen MR) is 98.8 cm³/mol. The van der Waals surface area contributed by atoms with Gasteiger partial charge in [-0.25, -0.2) is 13.8 Å². The molecule has 1 fully saturated rings. The highest BCUT2D eigenvalue weighted by atomic mass is 32.2. The molecule has 1 aliphatic rings. The third-order valence-corrected chi connectivity index (χ3v) is 6.54. The van der Waals surface area contributed by atoms with Crippen LogP contribution in [-0.4, -0.2) is 36.6 Å². The fraction of sp³-hybridized carbons (Fsp3) is 0.444. The largest absolute Gasteiger partial charge is 0.467 e. The summed E-state index contributed by atoms with van der Waals surface area (Å²) in [4.78, 5) is 11.9. The van der Waals surface area contributed by atoms with E-state index in [1.807, 2.05) is 32.0 Å². The molecule has 2 aromatic rings. The quantitative estimate of drug-likeness (QED) is 0.616. The minimum Gasteiger partial charge on any atom is -0.467 e. The number of sulfone groups is 1. The van der Waals surface area contributed by atoms with E-state index in [-0.39, 0.29) is 29.8 Å². The smallest absolute Gasteiger partial charge is 0.240 e. The van der Waals surface area contributed by atoms with Crippen LogP contribution in [0.4, 0.5) is 0 Å². The van der Waals surface area contributed by atoms with Gasteiger partial charge in [-0.2, -0.15) is 5.10 Å². The van der Waals surface area contributed by atoms with Crippen LogP contribution in [-0.2, 0) is 21.2 Å². The van der Waals surface area contributed by atoms with Crippen molar-refractivity contribution in [1.29, 1.82) is 0 Å². The molecule has 0 saturated carbocycles. The second kappa shape index (κ2) is 7.49. The predicted octanol–water partition coefficient (Wildman–Crippen LogP) is 2.02. The van der Waals surface area contributed by atoms with E-state index in [0.29, 0.717) is 13.0 Å². The average Bonchev–Trinajstić information content (AvgIpc) is 3.25. The average molecular weight is 377 g/mol. The maximum Gasteiger partial charge on any atom is 0.240 e. The van der Waals surface area contributed by atoms with Gasteiger partial charge in [0.1, 0.15) is 5.76 Å². The number of amides is 1. The van der Waals surface area contributed by atoms with Crippen LogP contribution in [0.5, 0.6) is 0 Å². The van der Waals surface area contributed by atoms with E-state index in [0.717, 1.165) is 22.7 Å². The third-order valence-electron chi connectivity index (χ3n) is 4.70. The highest BCUT2D eigenvalue weighted by Gasteiger charge is 2.29. The van der Waals surface area contributed by atoms with Crippen molar-refractivity contribution in [2.45, 2.75) is 33.2 Å². The number of furan rings is 1. The maximum atomic E-state index is 11.9. The molecule has 0 bridgehead atoms. The summed E-state index contributed by atoms with van der Waals surface area (Å²) in [6, 6.07) is 5.78. The van der Waals surface area contributed by atoms with Gasteiger partial charge < -0.3 is 8.98 Å². The topological polar surface area (TPSA) is 93.7 Å². The molecule has 1 saturated heterocycles. The Kier molecular flexibility index (Phi) is 5.31. The van der Waals surface area contributed by atoms with E-state index in [9.17, 15) is 13.2 Å². The summed E-state index contributed by atoms with van der Waals surface area (Å²) in [6.45, 7) is 4.63. The number of hydrogen-bond donors (Lipinski definition) is 1. The molecule has 1 atom stereocenters. The second-order valence-electron chi connectivity index (χ2n) is 6.76. The van der Waals surface area contributed by atoms with Gasteiger partial charge in [0.25, 0.3) is 0 Å². The summed E-state index contributed by atoms with van der Waals surface area (Å²) in [7, 11) is -2.96. The standard InChI is InChI=1S/C18H23N3O4S/c1-13-8-16(14(2)21(13)11-17-4-3-6-25-17)10-19-20-18(22)9-15-5-7-26(23,24)12-15/h3-4,6,8,10,15H,5,7,9,11-12H2,1-2H3,(H,20,22)/b19-10-/t15-/m1/s1. The molecule has 1 amide bonds. The Labute approximate surface area is 153 Å². The third kappa shape index (κ3) is 4.43. The molecule has 140 valence electrons. The van der Waals surface area contributed by atoms with Crippen LogP contribution in [0.15, 0.2) is 34.0 Å². The molecule has 0 aromatic carbocycles. The van der Waals surface area contributed by atoms with Crippen LogP contribution in [0.25, 0.3) is 0 Å². The van der Waals surface area contributed by atoms with Crippen LogP contribution in [0.2, 0.25) is 0 Å². The lowest BCUT2D eigenvalue weighted by atomic mass is 10.1. The molecular weight excluding hydrogens is 354 g/mol. The SMILES string of the molecule is Cc1cc(/C=N\NC(=O)C[C@H]2CCS(=O)(=O)C2)c(C)n1Cc1ccco1. The van der Waals surface area contributed by atoms with Crippen LogP contribution < -0.4 is 5.43 Å². The van der Waals surface area contributed by atoms with Gasteiger partial charge in [-0.15, -0.1) is 0 Å². The number of hydrogen-bond acceptors (Lipinski definition) is 5. The molecular formula is C18H23N3O4S. The first-order chi connectivity index (χ1) is 12.3. The van der Waals surface area contributed by atoms with Gasteiger partial charge in [-0.1, -0.05) is 0 Å². The van der Waals surface area contributed by atoms with Gasteiger partial charge in [0, 0.05) is 23.4 Å². The first kappa shape index (κ1) is 18.4. The monoisotopic (exact) mass is 377 g/mol. The van der Waals surface area contributed by atoms with Crippen LogP contribution >= 0.6 is 0 Å². The molecule has 0 spiro atoms. The molecule has 1 aliphatic heterocycles. The molecule has 0 unspecified atom stereocenters. The molecule has 0 aliphatic carbocycles. The Bertz CT molecular complexity index is 911. The zero-order valence-electron chi connectivity index (χ0n) is 14.9. The maximum absolute atomic E-state index is 11.9. The molecule has 3 heterocycles. The van der Waals surface area contributed by atoms with Crippen molar-refractivity contribution in [3.63, 3.8) is 0 Å². The minimum absolute atomic E-state index is 0.0953. The minimum atomic E-state index is -2.96. The molecule has 3 rings (SSSR count). The van der Waals surface area contributed by atoms with E-state index in [1.165, 1.54) is 0 Å². The van der Waals surface area contributed by atoms with Crippen LogP contribution in [0.3, 0.4) is 0 Å². The number of aromatic nitrogens is 1. The Morgan fingerprint density at radius 2 is 2.27 bits per heavy atom. The number of aryl methyl sites for hydroxylation is 1. The summed E-state index contributed by atoms with van der Waals surface area (Å²) < 4.78 is 30.4. The van der Waals surface area contributed by atoms with E-state index in [1.54, 1.807) is 12.5 Å². The number of carbonyl (C=O) groups excluding carboxylic acids is 1. The molecule has 26 heavy (non-hydrogen) atoms. The van der Waals surface area contributed by atoms with E-state index < -0.39 is 9.84 Å². The number of carbonyl (C=O) groups is 1. The van der Waals surface area contributed by atoms with E-state index >= 15 is 0 Å². The fourth-order valence-electron chi connectivity index (χ4n) is 3.27. The Morgan fingerprint density at radius 3 is 2.92 bits per heavy atom. The lowest BCUT2D eigenvalue weighted by Crippen LogP contribution is -2.21. The second-order valence-corrected chi connectivity index (χ2v) is 8.99. The van der Waals surface area contributed by atoms with E-state index in [2.05, 4.69) is 15.1 Å². The lowest BCUT2D eigenvalue weighted by molar-refractivity contribution is -0.121. The highest BCUT2D eigenvalue weighted by molar-refractivity contribution is 7.91. The molecule has 2 aromatic heterocycles. The Hall–Kier alpha value is -2.35. The lowest BCUT2D eigenvalue weighted by Gasteiger charge is -2.07. The fourth-order valence-corrected chi connectivity index (χ4v) is 5.14. The van der Waals surface area contributed by atoms with Gasteiger partial charge >= 0.3 is 0 Å². The Balaban J connectivity index is 1.57. The van der Waals surface area contributed by atoms with Gasteiger partial charge in [-0.05, 0) is 44.4 Å². The molecule has 0 radical (unpaired) electrons. The van der Waals surface area contributed by atoms with Crippen molar-refractivity contribution < 1.29 is 17.6 Å². The van der Waals surface area contributed by atoms with Crippen LogP contribution in [0.1, 0.15) is 35.6 Å². The van der Waals surface area contributed by atoms with Crippen molar-refractivity contribution >= 4 is 22.0 Å². The molecule has 1 N–H and O–H groups in total. The number of nitrogens with one attached hydrogen (secondary N) is 1. The zero-order valence-corrected chi connectivity index (χ0v) is 15.8. The van der Waals surface area contributed by atoms with Gasteiger partial charge in [0.05, 0.1) is 30.5 Å². The first-order valence-corrected chi connectivity index (χ1v) is 10.4. The van der Waals surface area contributed by atoms with Crippen molar-refractivity contribution in [3.8, 4) is 0 Å².